The van der Waals surface area contributed by atoms with E-state index in [1.165, 1.54) is 22.5 Å². The van der Waals surface area contributed by atoms with Crippen molar-refractivity contribution < 1.29 is 22.7 Å². The van der Waals surface area contributed by atoms with Crippen LogP contribution in [0.15, 0.2) is 42.5 Å². The van der Waals surface area contributed by atoms with Crippen molar-refractivity contribution in [1.82, 2.24) is 10.2 Å². The highest BCUT2D eigenvalue weighted by Gasteiger charge is 2.26. The van der Waals surface area contributed by atoms with Crippen LogP contribution in [0.5, 0.6) is 5.75 Å². The van der Waals surface area contributed by atoms with E-state index >= 15 is 0 Å². The minimum atomic E-state index is -3.53. The van der Waals surface area contributed by atoms with Crippen LogP contribution in [0.2, 0.25) is 0 Å². The summed E-state index contributed by atoms with van der Waals surface area (Å²) in [4.78, 5) is 27.0. The molecule has 0 saturated carbocycles. The second kappa shape index (κ2) is 11.9. The number of anilines is 1. The first-order valence-electron chi connectivity index (χ1n) is 11.2. The van der Waals surface area contributed by atoms with E-state index in [1.54, 1.807) is 20.1 Å². The predicted molar refractivity (Wildman–Crippen MR) is 134 cm³/mol. The second-order valence-corrected chi connectivity index (χ2v) is 10.2. The van der Waals surface area contributed by atoms with Crippen molar-refractivity contribution in [1.29, 1.82) is 0 Å². The molecule has 9 heteroatoms. The first-order chi connectivity index (χ1) is 16.0. The van der Waals surface area contributed by atoms with E-state index in [4.69, 9.17) is 4.74 Å². The first-order valence-corrected chi connectivity index (χ1v) is 13.0. The molecule has 8 nitrogen and oxygen atoms in total. The van der Waals surface area contributed by atoms with Gasteiger partial charge in [-0.15, -0.1) is 0 Å². The Kier molecular flexibility index (Phi) is 9.49. The highest BCUT2D eigenvalue weighted by atomic mass is 32.2. The van der Waals surface area contributed by atoms with Gasteiger partial charge in [0, 0.05) is 26.6 Å². The summed E-state index contributed by atoms with van der Waals surface area (Å²) in [6.07, 6.45) is 1.58. The van der Waals surface area contributed by atoms with E-state index in [1.807, 2.05) is 50.2 Å². The van der Waals surface area contributed by atoms with Crippen LogP contribution in [-0.4, -0.2) is 58.1 Å². The zero-order valence-corrected chi connectivity index (χ0v) is 21.6. The van der Waals surface area contributed by atoms with Gasteiger partial charge in [-0.05, 0) is 62.1 Å². The number of carbonyl (C=O) groups excluding carboxylic acids is 2. The normalized spacial score (nSPS) is 12.1. The Morgan fingerprint density at radius 1 is 1.12 bits per heavy atom. The molecule has 1 atom stereocenters. The third kappa shape index (κ3) is 6.96. The second-order valence-electron chi connectivity index (χ2n) is 8.32. The molecular formula is C25H35N3O5S. The SMILES string of the molecule is CNC(=O)[C@H](C)N(Cc1cccc(OC)c1)C(=O)CCCN(c1cccc(C)c1C)S(C)(=O)=O. The van der Waals surface area contributed by atoms with E-state index in [0.29, 0.717) is 17.9 Å². The molecule has 0 heterocycles. The summed E-state index contributed by atoms with van der Waals surface area (Å²) in [5.74, 6) is 0.160. The van der Waals surface area contributed by atoms with Crippen molar-refractivity contribution in [3.63, 3.8) is 0 Å². The smallest absolute Gasteiger partial charge is 0.242 e. The van der Waals surface area contributed by atoms with Gasteiger partial charge >= 0.3 is 0 Å². The van der Waals surface area contributed by atoms with Gasteiger partial charge in [0.05, 0.1) is 19.1 Å². The molecule has 0 spiro atoms. The van der Waals surface area contributed by atoms with Crippen molar-refractivity contribution in [2.75, 3.05) is 31.3 Å². The molecule has 34 heavy (non-hydrogen) atoms. The van der Waals surface area contributed by atoms with Gasteiger partial charge in [-0.25, -0.2) is 8.42 Å². The zero-order valence-electron chi connectivity index (χ0n) is 20.8. The molecule has 0 aliphatic carbocycles. The van der Waals surface area contributed by atoms with Crippen LogP contribution in [0.3, 0.4) is 0 Å². The van der Waals surface area contributed by atoms with Gasteiger partial charge in [0.25, 0.3) is 0 Å². The number of aryl methyl sites for hydroxylation is 1. The Morgan fingerprint density at radius 2 is 1.79 bits per heavy atom. The molecule has 0 aromatic heterocycles. The minimum absolute atomic E-state index is 0.0994. The maximum absolute atomic E-state index is 13.2. The van der Waals surface area contributed by atoms with Gasteiger partial charge in [-0.1, -0.05) is 24.3 Å². The van der Waals surface area contributed by atoms with Gasteiger partial charge in [0.1, 0.15) is 11.8 Å². The Bertz CT molecular complexity index is 1120. The standard InChI is InChI=1S/C25H35N3O5S/c1-18-10-7-13-23(19(18)2)28(34(6,31)32)15-9-14-24(29)27(20(3)25(30)26-4)17-21-11-8-12-22(16-21)33-5/h7-8,10-13,16,20H,9,14-15,17H2,1-6H3,(H,26,30)/t20-/m0/s1. The fraction of sp³-hybridized carbons (Fsp3) is 0.440. The Hall–Kier alpha value is -3.07. The maximum Gasteiger partial charge on any atom is 0.242 e. The van der Waals surface area contributed by atoms with E-state index < -0.39 is 16.1 Å². The van der Waals surface area contributed by atoms with Crippen LogP contribution in [0.1, 0.15) is 36.5 Å². The number of rotatable bonds is 11. The van der Waals surface area contributed by atoms with Crippen molar-refractivity contribution in [3.05, 3.63) is 59.2 Å². The highest BCUT2D eigenvalue weighted by molar-refractivity contribution is 7.92. The summed E-state index contributed by atoms with van der Waals surface area (Å²) in [5.41, 5.74) is 3.32. The van der Waals surface area contributed by atoms with Crippen LogP contribution in [-0.2, 0) is 26.2 Å². The summed E-state index contributed by atoms with van der Waals surface area (Å²) >= 11 is 0. The first kappa shape index (κ1) is 27.2. The quantitative estimate of drug-likeness (QED) is 0.523. The lowest BCUT2D eigenvalue weighted by atomic mass is 10.1. The molecule has 0 saturated heterocycles. The Labute approximate surface area is 202 Å². The molecule has 0 fully saturated rings. The number of hydrogen-bond acceptors (Lipinski definition) is 5. The van der Waals surface area contributed by atoms with Crippen LogP contribution >= 0.6 is 0 Å². The third-order valence-corrected chi connectivity index (χ3v) is 7.08. The molecule has 2 aromatic rings. The number of methoxy groups -OCH3 is 1. The largest absolute Gasteiger partial charge is 0.497 e. The highest BCUT2D eigenvalue weighted by Crippen LogP contribution is 2.25. The summed E-state index contributed by atoms with van der Waals surface area (Å²) in [7, 11) is -0.438. The average Bonchev–Trinajstić information content (AvgIpc) is 2.80. The summed E-state index contributed by atoms with van der Waals surface area (Å²) in [6.45, 7) is 5.89. The molecule has 0 aliphatic rings. The molecule has 1 N–H and O–H groups in total. The average molecular weight is 490 g/mol. The van der Waals surface area contributed by atoms with Crippen LogP contribution in [0.4, 0.5) is 5.69 Å². The molecule has 2 aromatic carbocycles. The molecule has 0 unspecified atom stereocenters. The molecule has 0 bridgehead atoms. The lowest BCUT2D eigenvalue weighted by Crippen LogP contribution is -2.46. The number of benzene rings is 2. The number of hydrogen-bond donors (Lipinski definition) is 1. The summed E-state index contributed by atoms with van der Waals surface area (Å²) in [6, 6.07) is 12.2. The molecular weight excluding hydrogens is 454 g/mol. The van der Waals surface area contributed by atoms with Crippen molar-refractivity contribution in [3.8, 4) is 5.75 Å². The third-order valence-electron chi connectivity index (χ3n) is 5.90. The number of likely N-dealkylation sites (N-methyl/N-ethyl adjacent to an activating group) is 1. The monoisotopic (exact) mass is 489 g/mol. The van der Waals surface area contributed by atoms with E-state index in [-0.39, 0.29) is 31.3 Å². The van der Waals surface area contributed by atoms with Crippen LogP contribution in [0.25, 0.3) is 0 Å². The van der Waals surface area contributed by atoms with Crippen molar-refractivity contribution in [2.45, 2.75) is 46.2 Å². The summed E-state index contributed by atoms with van der Waals surface area (Å²) in [5, 5.41) is 2.59. The number of sulfonamides is 1. The summed E-state index contributed by atoms with van der Waals surface area (Å²) < 4.78 is 31.6. The van der Waals surface area contributed by atoms with Gasteiger partial charge in [-0.3, -0.25) is 13.9 Å². The molecule has 0 radical (unpaired) electrons. The zero-order chi connectivity index (χ0) is 25.5. The number of ether oxygens (including phenoxy) is 1. The number of nitrogens with zero attached hydrogens (tertiary/aromatic N) is 2. The van der Waals surface area contributed by atoms with Gasteiger partial charge in [-0.2, -0.15) is 0 Å². The van der Waals surface area contributed by atoms with E-state index in [0.717, 1.165) is 16.7 Å². The lowest BCUT2D eigenvalue weighted by molar-refractivity contribution is -0.140. The predicted octanol–water partition coefficient (Wildman–Crippen LogP) is 3.02. The Balaban J connectivity index is 2.19. The van der Waals surface area contributed by atoms with Crippen LogP contribution < -0.4 is 14.4 Å². The van der Waals surface area contributed by atoms with Crippen molar-refractivity contribution in [2.24, 2.45) is 0 Å². The molecule has 186 valence electrons. The number of amides is 2. The van der Waals surface area contributed by atoms with E-state index in [9.17, 15) is 18.0 Å². The van der Waals surface area contributed by atoms with Crippen LogP contribution in [0, 0.1) is 13.8 Å². The fourth-order valence-corrected chi connectivity index (χ4v) is 4.76. The number of carbonyl (C=O) groups is 2. The Morgan fingerprint density at radius 3 is 2.41 bits per heavy atom. The molecule has 0 aliphatic heterocycles. The molecule has 2 amide bonds. The number of nitrogens with one attached hydrogen (secondary N) is 1. The topological polar surface area (TPSA) is 96.0 Å². The lowest BCUT2D eigenvalue weighted by Gasteiger charge is -2.29. The molecule has 2 rings (SSSR count). The maximum atomic E-state index is 13.2. The minimum Gasteiger partial charge on any atom is -0.497 e. The van der Waals surface area contributed by atoms with E-state index in [2.05, 4.69) is 5.32 Å². The van der Waals surface area contributed by atoms with Gasteiger partial charge in [0.2, 0.25) is 21.8 Å². The van der Waals surface area contributed by atoms with Gasteiger partial charge < -0.3 is 15.0 Å². The van der Waals surface area contributed by atoms with Gasteiger partial charge in [0.15, 0.2) is 0 Å². The van der Waals surface area contributed by atoms with Crippen molar-refractivity contribution >= 4 is 27.5 Å². The fourth-order valence-electron chi connectivity index (χ4n) is 3.75.